The van der Waals surface area contributed by atoms with Gasteiger partial charge >= 0.3 is 0 Å². The Balaban J connectivity index is 1.76. The molecule has 3 heterocycles. The Morgan fingerprint density at radius 2 is 2.04 bits per heavy atom. The molecule has 1 atom stereocenters. The van der Waals surface area contributed by atoms with Crippen molar-refractivity contribution in [1.82, 2.24) is 24.8 Å². The lowest BCUT2D eigenvalue weighted by Gasteiger charge is -2.24. The van der Waals surface area contributed by atoms with Crippen molar-refractivity contribution in [2.75, 3.05) is 20.6 Å². The number of likely N-dealkylation sites (tertiary alicyclic amines) is 1. The molecule has 0 bridgehead atoms. The lowest BCUT2D eigenvalue weighted by molar-refractivity contribution is 0.240. The van der Waals surface area contributed by atoms with Crippen LogP contribution in [0.4, 0.5) is 0 Å². The number of aryl methyl sites for hydroxylation is 1. The minimum Gasteiger partial charge on any atom is -0.304 e. The molecule has 1 unspecified atom stereocenters. The lowest BCUT2D eigenvalue weighted by Crippen LogP contribution is -2.24. The third kappa shape index (κ3) is 4.12. The molecule has 0 N–H and O–H groups in total. The van der Waals surface area contributed by atoms with E-state index in [2.05, 4.69) is 46.0 Å². The average Bonchev–Trinajstić information content (AvgIpc) is 2.95. The van der Waals surface area contributed by atoms with Crippen molar-refractivity contribution in [2.45, 2.75) is 38.9 Å². The van der Waals surface area contributed by atoms with Crippen molar-refractivity contribution in [3.8, 4) is 0 Å². The fourth-order valence-electron chi connectivity index (χ4n) is 3.23. The Morgan fingerprint density at radius 3 is 2.83 bits per heavy atom. The molecule has 23 heavy (non-hydrogen) atoms. The molecular formula is C18H25N5. The predicted molar refractivity (Wildman–Crippen MR) is 90.8 cm³/mol. The molecule has 0 radical (unpaired) electrons. The molecule has 0 spiro atoms. The fraction of sp³-hybridized carbons (Fsp3) is 0.500. The van der Waals surface area contributed by atoms with Crippen molar-refractivity contribution in [1.29, 1.82) is 0 Å². The van der Waals surface area contributed by atoms with Gasteiger partial charge in [-0.05, 0) is 52.5 Å². The highest BCUT2D eigenvalue weighted by Crippen LogP contribution is 2.31. The maximum Gasteiger partial charge on any atom is 0.0762 e. The van der Waals surface area contributed by atoms with Gasteiger partial charge in [0.15, 0.2) is 0 Å². The topological polar surface area (TPSA) is 45.2 Å². The van der Waals surface area contributed by atoms with Crippen LogP contribution >= 0.6 is 0 Å². The van der Waals surface area contributed by atoms with Gasteiger partial charge in [0.05, 0.1) is 23.1 Å². The van der Waals surface area contributed by atoms with Crippen LogP contribution in [0.2, 0.25) is 0 Å². The van der Waals surface area contributed by atoms with Crippen LogP contribution in [0.5, 0.6) is 0 Å². The molecule has 5 nitrogen and oxygen atoms in total. The third-order valence-electron chi connectivity index (χ3n) is 4.20. The first-order chi connectivity index (χ1) is 11.1. The highest BCUT2D eigenvalue weighted by Gasteiger charge is 2.27. The molecule has 0 saturated carbocycles. The zero-order valence-electron chi connectivity index (χ0n) is 14.2. The van der Waals surface area contributed by atoms with Crippen LogP contribution in [0.3, 0.4) is 0 Å². The average molecular weight is 311 g/mol. The van der Waals surface area contributed by atoms with Gasteiger partial charge in [0.25, 0.3) is 0 Å². The van der Waals surface area contributed by atoms with E-state index in [-0.39, 0.29) is 0 Å². The summed E-state index contributed by atoms with van der Waals surface area (Å²) in [5, 5.41) is 0. The second-order valence-corrected chi connectivity index (χ2v) is 6.57. The minimum absolute atomic E-state index is 0.354. The number of hydrogen-bond donors (Lipinski definition) is 0. The highest BCUT2D eigenvalue weighted by molar-refractivity contribution is 5.13. The van der Waals surface area contributed by atoms with Crippen LogP contribution in [0.1, 0.15) is 41.7 Å². The van der Waals surface area contributed by atoms with Crippen molar-refractivity contribution in [2.24, 2.45) is 0 Å². The lowest BCUT2D eigenvalue weighted by atomic mass is 10.1. The molecule has 1 aliphatic heterocycles. The third-order valence-corrected chi connectivity index (χ3v) is 4.20. The first-order valence-electron chi connectivity index (χ1n) is 8.24. The Kier molecular flexibility index (Phi) is 4.98. The Morgan fingerprint density at radius 1 is 1.17 bits per heavy atom. The summed E-state index contributed by atoms with van der Waals surface area (Å²) in [6.45, 7) is 4.85. The monoisotopic (exact) mass is 311 g/mol. The molecule has 3 rings (SSSR count). The van der Waals surface area contributed by atoms with E-state index in [4.69, 9.17) is 4.98 Å². The van der Waals surface area contributed by atoms with Crippen LogP contribution in [-0.4, -0.2) is 45.4 Å². The van der Waals surface area contributed by atoms with E-state index in [0.717, 1.165) is 48.8 Å². The fourth-order valence-corrected chi connectivity index (χ4v) is 3.23. The van der Waals surface area contributed by atoms with Gasteiger partial charge in [-0.15, -0.1) is 0 Å². The Labute approximate surface area is 138 Å². The second-order valence-electron chi connectivity index (χ2n) is 6.57. The summed E-state index contributed by atoms with van der Waals surface area (Å²) in [6.07, 6.45) is 6.14. The van der Waals surface area contributed by atoms with Crippen molar-refractivity contribution in [3.63, 3.8) is 0 Å². The molecular weight excluding hydrogens is 286 g/mol. The first kappa shape index (κ1) is 16.0. The van der Waals surface area contributed by atoms with E-state index in [1.54, 1.807) is 0 Å². The molecule has 5 heteroatoms. The largest absolute Gasteiger partial charge is 0.304 e. The van der Waals surface area contributed by atoms with Crippen molar-refractivity contribution < 1.29 is 0 Å². The number of hydrogen-bond acceptors (Lipinski definition) is 5. The van der Waals surface area contributed by atoms with Crippen LogP contribution in [-0.2, 0) is 13.1 Å². The summed E-state index contributed by atoms with van der Waals surface area (Å²) in [6, 6.07) is 6.59. The maximum absolute atomic E-state index is 4.84. The number of rotatable bonds is 5. The van der Waals surface area contributed by atoms with Crippen LogP contribution in [0, 0.1) is 6.92 Å². The van der Waals surface area contributed by atoms with Gasteiger partial charge in [-0.2, -0.15) is 0 Å². The van der Waals surface area contributed by atoms with Crippen LogP contribution < -0.4 is 0 Å². The minimum atomic E-state index is 0.354. The van der Waals surface area contributed by atoms with Gasteiger partial charge in [0.2, 0.25) is 0 Å². The zero-order valence-corrected chi connectivity index (χ0v) is 14.2. The van der Waals surface area contributed by atoms with Crippen molar-refractivity contribution >= 4 is 0 Å². The molecule has 1 saturated heterocycles. The van der Waals surface area contributed by atoms with E-state index < -0.39 is 0 Å². The SMILES string of the molecule is Cc1cccc(CN2CCCC2c2cncc(CN(C)C)n2)n1. The van der Waals surface area contributed by atoms with E-state index in [1.807, 2.05) is 25.4 Å². The number of aromatic nitrogens is 3. The number of nitrogens with zero attached hydrogens (tertiary/aromatic N) is 5. The quantitative estimate of drug-likeness (QED) is 0.849. The van der Waals surface area contributed by atoms with E-state index >= 15 is 0 Å². The predicted octanol–water partition coefficient (Wildman–Crippen LogP) is 2.58. The maximum atomic E-state index is 4.84. The highest BCUT2D eigenvalue weighted by atomic mass is 15.2. The molecule has 2 aromatic rings. The summed E-state index contributed by atoms with van der Waals surface area (Å²) in [7, 11) is 4.11. The molecule has 0 aliphatic carbocycles. The van der Waals surface area contributed by atoms with Crippen LogP contribution in [0.15, 0.2) is 30.6 Å². The van der Waals surface area contributed by atoms with Gasteiger partial charge < -0.3 is 4.90 Å². The van der Waals surface area contributed by atoms with Gasteiger partial charge in [-0.1, -0.05) is 6.07 Å². The zero-order chi connectivity index (χ0) is 16.2. The second kappa shape index (κ2) is 7.15. The molecule has 0 aromatic carbocycles. The Bertz CT molecular complexity index is 655. The summed E-state index contributed by atoms with van der Waals surface area (Å²) in [5.74, 6) is 0. The summed E-state index contributed by atoms with van der Waals surface area (Å²) in [4.78, 5) is 18.5. The van der Waals surface area contributed by atoms with Gasteiger partial charge in [0.1, 0.15) is 0 Å². The smallest absolute Gasteiger partial charge is 0.0762 e. The first-order valence-corrected chi connectivity index (χ1v) is 8.24. The standard InChI is InChI=1S/C18H25N5/c1-14-6-4-7-15(20-14)13-23-9-5-8-18(23)17-11-19-10-16(21-17)12-22(2)3/h4,6-7,10-11,18H,5,8-9,12-13H2,1-3H3. The molecule has 1 aliphatic rings. The van der Waals surface area contributed by atoms with E-state index in [0.29, 0.717) is 6.04 Å². The molecule has 122 valence electrons. The molecule has 1 fully saturated rings. The van der Waals surface area contributed by atoms with E-state index in [9.17, 15) is 0 Å². The summed E-state index contributed by atoms with van der Waals surface area (Å²) in [5.41, 5.74) is 4.34. The van der Waals surface area contributed by atoms with Gasteiger partial charge in [0, 0.05) is 31.2 Å². The molecule has 2 aromatic heterocycles. The Hall–Kier alpha value is -1.85. The summed E-state index contributed by atoms with van der Waals surface area (Å²) >= 11 is 0. The molecule has 0 amide bonds. The normalized spacial score (nSPS) is 18.7. The number of pyridine rings is 1. The van der Waals surface area contributed by atoms with Crippen LogP contribution in [0.25, 0.3) is 0 Å². The van der Waals surface area contributed by atoms with Gasteiger partial charge in [-0.3, -0.25) is 19.9 Å². The van der Waals surface area contributed by atoms with E-state index in [1.165, 1.54) is 6.42 Å². The van der Waals surface area contributed by atoms with Crippen molar-refractivity contribution in [3.05, 3.63) is 53.4 Å². The summed E-state index contributed by atoms with van der Waals surface area (Å²) < 4.78 is 0. The van der Waals surface area contributed by atoms with Gasteiger partial charge in [-0.25, -0.2) is 0 Å².